The average Bonchev–Trinajstić information content (AvgIpc) is 2.66. The predicted molar refractivity (Wildman–Crippen MR) is 69.6 cm³/mol. The Balaban J connectivity index is 2.07. The Kier molecular flexibility index (Phi) is 4.01. The van der Waals surface area contributed by atoms with Crippen LogP contribution in [0.3, 0.4) is 0 Å². The summed E-state index contributed by atoms with van der Waals surface area (Å²) in [4.78, 5) is 13.6. The van der Waals surface area contributed by atoms with E-state index in [1.54, 1.807) is 0 Å². The molecule has 18 heavy (non-hydrogen) atoms. The summed E-state index contributed by atoms with van der Waals surface area (Å²) in [5.74, 6) is 6.19. The van der Waals surface area contributed by atoms with Gasteiger partial charge in [-0.3, -0.25) is 4.79 Å². The fraction of sp³-hybridized carbons (Fsp3) is 0.400. The molecule has 0 aromatic heterocycles. The molecule has 1 aliphatic rings. The molecule has 0 spiro atoms. The van der Waals surface area contributed by atoms with E-state index in [1.165, 1.54) is 0 Å². The Labute approximate surface area is 107 Å². The molecular formula is C15H17NO2. The monoisotopic (exact) mass is 243 g/mol. The van der Waals surface area contributed by atoms with Crippen molar-refractivity contribution in [1.82, 2.24) is 4.90 Å². The number of aliphatic hydroxyl groups excluding tert-OH is 1. The average molecular weight is 243 g/mol. The van der Waals surface area contributed by atoms with Crippen molar-refractivity contribution in [3.8, 4) is 11.8 Å². The lowest BCUT2D eigenvalue weighted by molar-refractivity contribution is -0.128. The summed E-state index contributed by atoms with van der Waals surface area (Å²) in [7, 11) is 0. The van der Waals surface area contributed by atoms with Crippen LogP contribution < -0.4 is 0 Å². The standard InChI is InChI=1S/C15H17NO2/c1-12-8-15(18)16(10-12)11-14-5-2-4-13(9-14)6-3-7-17/h2,4-5,9,12,17H,7-8,10-11H2,1H3. The first kappa shape index (κ1) is 12.7. The highest BCUT2D eigenvalue weighted by Crippen LogP contribution is 2.19. The molecule has 1 N–H and O–H groups in total. The molecule has 1 fully saturated rings. The number of likely N-dealkylation sites (tertiary alicyclic amines) is 1. The van der Waals surface area contributed by atoms with E-state index in [2.05, 4.69) is 18.8 Å². The Hall–Kier alpha value is -1.79. The van der Waals surface area contributed by atoms with Gasteiger partial charge < -0.3 is 10.0 Å². The lowest BCUT2D eigenvalue weighted by Crippen LogP contribution is -2.24. The van der Waals surface area contributed by atoms with Crippen LogP contribution in [0.5, 0.6) is 0 Å². The first-order chi connectivity index (χ1) is 8.69. The zero-order valence-corrected chi connectivity index (χ0v) is 10.5. The largest absolute Gasteiger partial charge is 0.384 e. The molecule has 0 bridgehead atoms. The van der Waals surface area contributed by atoms with Crippen molar-refractivity contribution in [2.75, 3.05) is 13.2 Å². The van der Waals surface area contributed by atoms with Crippen LogP contribution in [0.4, 0.5) is 0 Å². The van der Waals surface area contributed by atoms with E-state index in [9.17, 15) is 4.79 Å². The molecule has 3 heteroatoms. The second kappa shape index (κ2) is 5.70. The molecule has 1 saturated heterocycles. The highest BCUT2D eigenvalue weighted by atomic mass is 16.2. The summed E-state index contributed by atoms with van der Waals surface area (Å²) in [6, 6.07) is 7.81. The highest BCUT2D eigenvalue weighted by molar-refractivity contribution is 5.78. The molecule has 2 rings (SSSR count). The number of carbonyl (C=O) groups excluding carboxylic acids is 1. The summed E-state index contributed by atoms with van der Waals surface area (Å²) in [6.45, 7) is 3.45. The van der Waals surface area contributed by atoms with Crippen LogP contribution in [0.1, 0.15) is 24.5 Å². The Morgan fingerprint density at radius 3 is 3.00 bits per heavy atom. The minimum absolute atomic E-state index is 0.133. The number of benzene rings is 1. The summed E-state index contributed by atoms with van der Waals surface area (Å²) >= 11 is 0. The predicted octanol–water partition coefficient (Wildman–Crippen LogP) is 1.40. The third kappa shape index (κ3) is 3.12. The minimum Gasteiger partial charge on any atom is -0.384 e. The van der Waals surface area contributed by atoms with Crippen molar-refractivity contribution in [1.29, 1.82) is 0 Å². The molecule has 1 amide bonds. The second-order valence-corrected chi connectivity index (χ2v) is 4.74. The summed E-state index contributed by atoms with van der Waals surface area (Å²) in [6.07, 6.45) is 0.657. The van der Waals surface area contributed by atoms with Crippen LogP contribution in [0.2, 0.25) is 0 Å². The highest BCUT2D eigenvalue weighted by Gasteiger charge is 2.26. The van der Waals surface area contributed by atoms with E-state index in [1.807, 2.05) is 29.2 Å². The molecule has 94 valence electrons. The number of carbonyl (C=O) groups is 1. The van der Waals surface area contributed by atoms with Gasteiger partial charge >= 0.3 is 0 Å². The van der Waals surface area contributed by atoms with Gasteiger partial charge in [-0.1, -0.05) is 30.9 Å². The summed E-state index contributed by atoms with van der Waals surface area (Å²) < 4.78 is 0. The molecule has 1 heterocycles. The van der Waals surface area contributed by atoms with Gasteiger partial charge in [-0.05, 0) is 23.6 Å². The second-order valence-electron chi connectivity index (χ2n) is 4.74. The van der Waals surface area contributed by atoms with Crippen LogP contribution in [0, 0.1) is 17.8 Å². The Morgan fingerprint density at radius 2 is 2.33 bits per heavy atom. The van der Waals surface area contributed by atoms with Crippen molar-refractivity contribution in [2.24, 2.45) is 5.92 Å². The molecule has 1 aromatic carbocycles. The van der Waals surface area contributed by atoms with Crippen LogP contribution in [-0.4, -0.2) is 29.1 Å². The van der Waals surface area contributed by atoms with E-state index >= 15 is 0 Å². The molecule has 1 atom stereocenters. The number of hydrogen-bond acceptors (Lipinski definition) is 2. The first-order valence-electron chi connectivity index (χ1n) is 6.15. The van der Waals surface area contributed by atoms with E-state index in [0.29, 0.717) is 18.9 Å². The number of rotatable bonds is 2. The zero-order valence-electron chi connectivity index (χ0n) is 10.5. The molecule has 0 radical (unpaired) electrons. The zero-order chi connectivity index (χ0) is 13.0. The van der Waals surface area contributed by atoms with Crippen molar-refractivity contribution in [3.63, 3.8) is 0 Å². The normalized spacial score (nSPS) is 18.7. The molecular weight excluding hydrogens is 226 g/mol. The van der Waals surface area contributed by atoms with Crippen molar-refractivity contribution < 1.29 is 9.90 Å². The van der Waals surface area contributed by atoms with E-state index in [4.69, 9.17) is 5.11 Å². The fourth-order valence-corrected chi connectivity index (χ4v) is 2.23. The quantitative estimate of drug-likeness (QED) is 0.798. The van der Waals surface area contributed by atoms with Gasteiger partial charge in [-0.15, -0.1) is 0 Å². The first-order valence-corrected chi connectivity index (χ1v) is 6.15. The SMILES string of the molecule is CC1CC(=O)N(Cc2cccc(C#CCO)c2)C1. The van der Waals surface area contributed by atoms with Crippen LogP contribution >= 0.6 is 0 Å². The van der Waals surface area contributed by atoms with Gasteiger partial charge in [0.2, 0.25) is 5.91 Å². The smallest absolute Gasteiger partial charge is 0.223 e. The van der Waals surface area contributed by atoms with E-state index in [-0.39, 0.29) is 12.5 Å². The van der Waals surface area contributed by atoms with E-state index < -0.39 is 0 Å². The van der Waals surface area contributed by atoms with Gasteiger partial charge in [0.25, 0.3) is 0 Å². The van der Waals surface area contributed by atoms with Gasteiger partial charge in [-0.25, -0.2) is 0 Å². The number of amides is 1. The Morgan fingerprint density at radius 1 is 1.50 bits per heavy atom. The van der Waals surface area contributed by atoms with Crippen molar-refractivity contribution in [3.05, 3.63) is 35.4 Å². The number of aliphatic hydroxyl groups is 1. The number of nitrogens with zero attached hydrogens (tertiary/aromatic N) is 1. The maximum absolute atomic E-state index is 11.7. The lowest BCUT2D eigenvalue weighted by Gasteiger charge is -2.16. The van der Waals surface area contributed by atoms with Crippen LogP contribution in [-0.2, 0) is 11.3 Å². The molecule has 1 unspecified atom stereocenters. The van der Waals surface area contributed by atoms with E-state index in [0.717, 1.165) is 17.7 Å². The van der Waals surface area contributed by atoms with Gasteiger partial charge in [0.15, 0.2) is 0 Å². The van der Waals surface area contributed by atoms with Gasteiger partial charge in [0.05, 0.1) is 0 Å². The lowest BCUT2D eigenvalue weighted by atomic mass is 10.1. The maximum atomic E-state index is 11.7. The summed E-state index contributed by atoms with van der Waals surface area (Å²) in [5, 5.41) is 8.66. The third-order valence-electron chi connectivity index (χ3n) is 3.02. The molecule has 0 aliphatic carbocycles. The summed E-state index contributed by atoms with van der Waals surface area (Å²) in [5.41, 5.74) is 1.96. The van der Waals surface area contributed by atoms with Crippen molar-refractivity contribution >= 4 is 5.91 Å². The van der Waals surface area contributed by atoms with Crippen LogP contribution in [0.15, 0.2) is 24.3 Å². The van der Waals surface area contributed by atoms with Gasteiger partial charge in [0, 0.05) is 25.1 Å². The maximum Gasteiger partial charge on any atom is 0.223 e. The molecule has 3 nitrogen and oxygen atoms in total. The van der Waals surface area contributed by atoms with Crippen LogP contribution in [0.25, 0.3) is 0 Å². The number of hydrogen-bond donors (Lipinski definition) is 1. The molecule has 0 saturated carbocycles. The Bertz CT molecular complexity index is 499. The topological polar surface area (TPSA) is 40.5 Å². The van der Waals surface area contributed by atoms with Gasteiger partial charge in [-0.2, -0.15) is 0 Å². The fourth-order valence-electron chi connectivity index (χ4n) is 2.23. The third-order valence-corrected chi connectivity index (χ3v) is 3.02. The molecule has 1 aliphatic heterocycles. The molecule has 1 aromatic rings. The van der Waals surface area contributed by atoms with Gasteiger partial charge in [0.1, 0.15) is 6.61 Å². The minimum atomic E-state index is -0.133. The van der Waals surface area contributed by atoms with Crippen molar-refractivity contribution in [2.45, 2.75) is 19.9 Å².